The van der Waals surface area contributed by atoms with Crippen LogP contribution in [-0.4, -0.2) is 4.98 Å². The van der Waals surface area contributed by atoms with Gasteiger partial charge in [-0.25, -0.2) is 0 Å². The van der Waals surface area contributed by atoms with Crippen LogP contribution in [0.4, 0.5) is 0 Å². The minimum absolute atomic E-state index is 0.235. The number of hydrazine groups is 1. The number of hydrogen-bond acceptors (Lipinski definition) is 3. The summed E-state index contributed by atoms with van der Waals surface area (Å²) < 4.78 is 0. The predicted molar refractivity (Wildman–Crippen MR) is 79.4 cm³/mol. The van der Waals surface area contributed by atoms with E-state index in [0.717, 1.165) is 23.2 Å². The van der Waals surface area contributed by atoms with E-state index >= 15 is 0 Å². The third kappa shape index (κ3) is 3.34. The number of aromatic nitrogens is 1. The second-order valence-corrected chi connectivity index (χ2v) is 6.45. The molecule has 1 aliphatic carbocycles. The second-order valence-electron chi connectivity index (χ2n) is 6.45. The molecule has 0 aromatic carbocycles. The monoisotopic (exact) mass is 261 g/mol. The lowest BCUT2D eigenvalue weighted by Gasteiger charge is -2.36. The van der Waals surface area contributed by atoms with Crippen molar-refractivity contribution in [2.24, 2.45) is 23.6 Å². The smallest absolute Gasteiger partial charge is 0.0506 e. The second kappa shape index (κ2) is 6.02. The highest BCUT2D eigenvalue weighted by Crippen LogP contribution is 2.39. The molecule has 0 spiro atoms. The van der Waals surface area contributed by atoms with Crippen LogP contribution < -0.4 is 11.3 Å². The van der Waals surface area contributed by atoms with Gasteiger partial charge in [0.05, 0.1) is 6.04 Å². The maximum absolute atomic E-state index is 5.86. The molecule has 1 heterocycles. The molecular weight excluding hydrogens is 234 g/mol. The van der Waals surface area contributed by atoms with Crippen LogP contribution in [0.5, 0.6) is 0 Å². The van der Waals surface area contributed by atoms with Crippen molar-refractivity contribution >= 4 is 0 Å². The summed E-state index contributed by atoms with van der Waals surface area (Å²) in [4.78, 5) is 4.58. The summed E-state index contributed by atoms with van der Waals surface area (Å²) in [5, 5.41) is 0. The third-order valence-electron chi connectivity index (χ3n) is 4.47. The van der Waals surface area contributed by atoms with Crippen LogP contribution in [0.3, 0.4) is 0 Å². The Balaban J connectivity index is 2.23. The Labute approximate surface area is 117 Å². The molecule has 2 rings (SSSR count). The normalized spacial score (nSPS) is 29.2. The number of nitrogens with two attached hydrogens (primary N) is 1. The fourth-order valence-corrected chi connectivity index (χ4v) is 3.79. The molecule has 1 fully saturated rings. The molecule has 0 aliphatic heterocycles. The summed E-state index contributed by atoms with van der Waals surface area (Å²) in [6.45, 7) is 8.84. The zero-order valence-electron chi connectivity index (χ0n) is 12.6. The van der Waals surface area contributed by atoms with Gasteiger partial charge in [-0.15, -0.1) is 0 Å². The van der Waals surface area contributed by atoms with E-state index in [-0.39, 0.29) is 6.04 Å². The molecule has 1 saturated carbocycles. The van der Waals surface area contributed by atoms with Crippen molar-refractivity contribution < 1.29 is 0 Å². The first-order valence-electron chi connectivity index (χ1n) is 7.41. The number of nitrogens with one attached hydrogen (secondary N) is 1. The van der Waals surface area contributed by atoms with E-state index in [0.29, 0.717) is 5.92 Å². The molecule has 3 nitrogen and oxygen atoms in total. The summed E-state index contributed by atoms with van der Waals surface area (Å²) >= 11 is 0. The first-order chi connectivity index (χ1) is 9.01. The van der Waals surface area contributed by atoms with Gasteiger partial charge in [0.2, 0.25) is 0 Å². The van der Waals surface area contributed by atoms with E-state index in [1.165, 1.54) is 24.8 Å². The summed E-state index contributed by atoms with van der Waals surface area (Å²) in [7, 11) is 0. The van der Waals surface area contributed by atoms with Crippen molar-refractivity contribution in [3.8, 4) is 0 Å². The zero-order chi connectivity index (χ0) is 14.0. The van der Waals surface area contributed by atoms with E-state index in [1.807, 2.05) is 6.92 Å². The van der Waals surface area contributed by atoms with Crippen molar-refractivity contribution in [2.45, 2.75) is 53.0 Å². The lowest BCUT2D eigenvalue weighted by molar-refractivity contribution is 0.176. The van der Waals surface area contributed by atoms with Crippen LogP contribution in [0.2, 0.25) is 0 Å². The molecule has 0 bridgehead atoms. The molecule has 3 unspecified atom stereocenters. The first-order valence-corrected chi connectivity index (χ1v) is 7.41. The predicted octanol–water partition coefficient (Wildman–Crippen LogP) is 3.28. The Hall–Kier alpha value is -0.930. The molecule has 3 heteroatoms. The van der Waals surface area contributed by atoms with Crippen molar-refractivity contribution in [1.82, 2.24) is 10.4 Å². The number of aryl methyl sites for hydroxylation is 2. The van der Waals surface area contributed by atoms with Gasteiger partial charge in [0.15, 0.2) is 0 Å². The van der Waals surface area contributed by atoms with Gasteiger partial charge in [-0.1, -0.05) is 19.9 Å². The van der Waals surface area contributed by atoms with Gasteiger partial charge in [-0.2, -0.15) is 0 Å². The van der Waals surface area contributed by atoms with Gasteiger partial charge in [-0.05, 0) is 62.5 Å². The Bertz CT molecular complexity index is 420. The Morgan fingerprint density at radius 3 is 2.32 bits per heavy atom. The largest absolute Gasteiger partial charge is 0.271 e. The molecule has 0 saturated heterocycles. The Morgan fingerprint density at radius 2 is 1.79 bits per heavy atom. The minimum atomic E-state index is 0.235. The molecule has 3 N–H and O–H groups in total. The molecule has 0 amide bonds. The van der Waals surface area contributed by atoms with Crippen molar-refractivity contribution in [3.63, 3.8) is 0 Å². The van der Waals surface area contributed by atoms with E-state index in [4.69, 9.17) is 5.84 Å². The molecular formula is C16H27N3. The summed E-state index contributed by atoms with van der Waals surface area (Å²) in [5.41, 5.74) is 6.49. The lowest BCUT2D eigenvalue weighted by Crippen LogP contribution is -2.37. The topological polar surface area (TPSA) is 50.9 Å². The highest BCUT2D eigenvalue weighted by Gasteiger charge is 2.31. The van der Waals surface area contributed by atoms with Crippen molar-refractivity contribution in [2.75, 3.05) is 0 Å². The first kappa shape index (κ1) is 14.5. The standard InChI is InChI=1S/C16H27N3/c1-10-7-11(2)9-14(8-10)16(19-17)15-6-5-12(3)18-13(15)4/h5-6,10-11,14,16,19H,7-9,17H2,1-4H3. The van der Waals surface area contributed by atoms with Gasteiger partial charge in [0.1, 0.15) is 0 Å². The molecule has 106 valence electrons. The van der Waals surface area contributed by atoms with Crippen LogP contribution in [0.15, 0.2) is 12.1 Å². The average Bonchev–Trinajstić information content (AvgIpc) is 2.31. The molecule has 19 heavy (non-hydrogen) atoms. The lowest BCUT2D eigenvalue weighted by atomic mass is 9.72. The van der Waals surface area contributed by atoms with Gasteiger partial charge >= 0.3 is 0 Å². The number of hydrogen-bond donors (Lipinski definition) is 2. The van der Waals surface area contributed by atoms with Crippen LogP contribution in [-0.2, 0) is 0 Å². The third-order valence-corrected chi connectivity index (χ3v) is 4.47. The summed E-state index contributed by atoms with van der Waals surface area (Å²) in [6.07, 6.45) is 3.86. The van der Waals surface area contributed by atoms with E-state index in [1.54, 1.807) is 0 Å². The fraction of sp³-hybridized carbons (Fsp3) is 0.688. The average molecular weight is 261 g/mol. The molecule has 0 radical (unpaired) electrons. The molecule has 1 aromatic rings. The zero-order valence-corrected chi connectivity index (χ0v) is 12.6. The maximum atomic E-state index is 5.86. The van der Waals surface area contributed by atoms with E-state index in [9.17, 15) is 0 Å². The highest BCUT2D eigenvalue weighted by molar-refractivity contribution is 5.25. The van der Waals surface area contributed by atoms with Gasteiger partial charge in [0.25, 0.3) is 0 Å². The van der Waals surface area contributed by atoms with E-state index < -0.39 is 0 Å². The highest BCUT2D eigenvalue weighted by atomic mass is 15.2. The van der Waals surface area contributed by atoms with E-state index in [2.05, 4.69) is 43.3 Å². The maximum Gasteiger partial charge on any atom is 0.0506 e. The summed E-state index contributed by atoms with van der Waals surface area (Å²) in [5.74, 6) is 8.06. The summed E-state index contributed by atoms with van der Waals surface area (Å²) in [6, 6.07) is 4.51. The van der Waals surface area contributed by atoms with Gasteiger partial charge in [0, 0.05) is 11.4 Å². The quantitative estimate of drug-likeness (QED) is 0.648. The van der Waals surface area contributed by atoms with Gasteiger partial charge in [-0.3, -0.25) is 16.3 Å². The van der Waals surface area contributed by atoms with Crippen LogP contribution in [0.1, 0.15) is 56.1 Å². The number of pyridine rings is 1. The molecule has 3 atom stereocenters. The Kier molecular flexibility index (Phi) is 4.58. The fourth-order valence-electron chi connectivity index (χ4n) is 3.79. The molecule has 1 aliphatic rings. The molecule has 1 aromatic heterocycles. The number of rotatable bonds is 3. The Morgan fingerprint density at radius 1 is 1.16 bits per heavy atom. The van der Waals surface area contributed by atoms with Gasteiger partial charge < -0.3 is 0 Å². The van der Waals surface area contributed by atoms with Crippen LogP contribution in [0.25, 0.3) is 0 Å². The number of nitrogens with zero attached hydrogens (tertiary/aromatic N) is 1. The van der Waals surface area contributed by atoms with Crippen molar-refractivity contribution in [1.29, 1.82) is 0 Å². The minimum Gasteiger partial charge on any atom is -0.271 e. The SMILES string of the molecule is Cc1ccc(C(NN)C2CC(C)CC(C)C2)c(C)n1. The van der Waals surface area contributed by atoms with Crippen LogP contribution >= 0.6 is 0 Å². The van der Waals surface area contributed by atoms with Crippen molar-refractivity contribution in [3.05, 3.63) is 29.1 Å². The van der Waals surface area contributed by atoms with Crippen LogP contribution in [0, 0.1) is 31.6 Å².